The zero-order chi connectivity index (χ0) is 13.4. The molecule has 0 spiro atoms. The lowest BCUT2D eigenvalue weighted by atomic mass is 10.00. The van der Waals surface area contributed by atoms with Gasteiger partial charge in [0.05, 0.1) is 11.7 Å². The smallest absolute Gasteiger partial charge is 0.338 e. The third-order valence-corrected chi connectivity index (χ3v) is 4.38. The van der Waals surface area contributed by atoms with Crippen LogP contribution in [0.15, 0.2) is 30.3 Å². The van der Waals surface area contributed by atoms with Crippen LogP contribution in [0.3, 0.4) is 0 Å². The van der Waals surface area contributed by atoms with Gasteiger partial charge in [-0.15, -0.1) is 0 Å². The number of carbonyl (C=O) groups excluding carboxylic acids is 1. The molecule has 1 aromatic rings. The third kappa shape index (κ3) is 2.38. The normalized spacial score (nSPS) is 34.2. The number of esters is 1. The Morgan fingerprint density at radius 3 is 2.68 bits per heavy atom. The number of aliphatic hydroxyl groups excluding tert-OH is 1. The molecule has 0 aliphatic carbocycles. The van der Waals surface area contributed by atoms with E-state index in [1.165, 1.54) is 0 Å². The first-order valence-corrected chi connectivity index (χ1v) is 6.81. The van der Waals surface area contributed by atoms with Crippen molar-refractivity contribution < 1.29 is 14.6 Å². The molecule has 2 fully saturated rings. The molecule has 2 aliphatic rings. The maximum Gasteiger partial charge on any atom is 0.338 e. The van der Waals surface area contributed by atoms with Crippen molar-refractivity contribution in [3.05, 3.63) is 35.9 Å². The Labute approximate surface area is 113 Å². The van der Waals surface area contributed by atoms with E-state index in [4.69, 9.17) is 4.74 Å². The van der Waals surface area contributed by atoms with E-state index in [1.54, 1.807) is 12.1 Å². The number of carbonyl (C=O) groups is 1. The molecule has 2 aliphatic heterocycles. The fourth-order valence-corrected chi connectivity index (χ4v) is 3.29. The molecule has 4 heteroatoms. The van der Waals surface area contributed by atoms with Crippen LogP contribution in [0.1, 0.15) is 29.6 Å². The van der Waals surface area contributed by atoms with E-state index in [1.807, 2.05) is 25.2 Å². The van der Waals surface area contributed by atoms with Gasteiger partial charge in [-0.1, -0.05) is 18.2 Å². The SMILES string of the molecule is CN1[C@@H]2C[C@H](OC(=O)c3ccccc3)C[C@H]1[C@@H](O)C2. The molecule has 1 aromatic carbocycles. The molecule has 1 N–H and O–H groups in total. The van der Waals surface area contributed by atoms with E-state index in [-0.39, 0.29) is 24.2 Å². The lowest BCUT2D eigenvalue weighted by Gasteiger charge is -2.36. The van der Waals surface area contributed by atoms with Gasteiger partial charge in [0.1, 0.15) is 6.10 Å². The van der Waals surface area contributed by atoms with Gasteiger partial charge < -0.3 is 9.84 Å². The molecule has 0 radical (unpaired) electrons. The van der Waals surface area contributed by atoms with Crippen LogP contribution in [-0.2, 0) is 4.74 Å². The van der Waals surface area contributed by atoms with Crippen LogP contribution in [0.4, 0.5) is 0 Å². The third-order valence-electron chi connectivity index (χ3n) is 4.38. The Morgan fingerprint density at radius 1 is 1.26 bits per heavy atom. The van der Waals surface area contributed by atoms with Gasteiger partial charge in [0.2, 0.25) is 0 Å². The van der Waals surface area contributed by atoms with Crippen LogP contribution in [0, 0.1) is 0 Å². The van der Waals surface area contributed by atoms with E-state index in [9.17, 15) is 9.90 Å². The van der Waals surface area contributed by atoms with Crippen LogP contribution in [0.25, 0.3) is 0 Å². The van der Waals surface area contributed by atoms with Gasteiger partial charge in [0, 0.05) is 24.9 Å². The second-order valence-electron chi connectivity index (χ2n) is 5.55. The first kappa shape index (κ1) is 12.6. The quantitative estimate of drug-likeness (QED) is 0.818. The summed E-state index contributed by atoms with van der Waals surface area (Å²) in [6.45, 7) is 0. The zero-order valence-electron chi connectivity index (χ0n) is 11.0. The van der Waals surface area contributed by atoms with Crippen molar-refractivity contribution in [2.24, 2.45) is 0 Å². The molecule has 2 heterocycles. The highest BCUT2D eigenvalue weighted by atomic mass is 16.5. The van der Waals surface area contributed by atoms with Gasteiger partial charge in [-0.25, -0.2) is 4.79 Å². The number of ether oxygens (including phenoxy) is 1. The number of aliphatic hydroxyl groups is 1. The number of piperidine rings is 1. The molecule has 4 atom stereocenters. The van der Waals surface area contributed by atoms with Crippen molar-refractivity contribution in [2.45, 2.75) is 43.6 Å². The van der Waals surface area contributed by atoms with Gasteiger partial charge in [-0.05, 0) is 25.6 Å². The maximum atomic E-state index is 12.0. The second kappa shape index (κ2) is 4.94. The van der Waals surface area contributed by atoms with Gasteiger partial charge in [-0.3, -0.25) is 4.90 Å². The van der Waals surface area contributed by atoms with Gasteiger partial charge in [0.15, 0.2) is 0 Å². The zero-order valence-corrected chi connectivity index (χ0v) is 11.0. The fraction of sp³-hybridized carbons (Fsp3) is 0.533. The molecule has 2 bridgehead atoms. The average molecular weight is 261 g/mol. The minimum absolute atomic E-state index is 0.0731. The first-order chi connectivity index (χ1) is 9.15. The fourth-order valence-electron chi connectivity index (χ4n) is 3.29. The van der Waals surface area contributed by atoms with Gasteiger partial charge >= 0.3 is 5.97 Å². The molecule has 3 rings (SSSR count). The predicted molar refractivity (Wildman–Crippen MR) is 70.8 cm³/mol. The maximum absolute atomic E-state index is 12.0. The molecule has 0 aromatic heterocycles. The van der Waals surface area contributed by atoms with Crippen LogP contribution >= 0.6 is 0 Å². The van der Waals surface area contributed by atoms with Crippen LogP contribution in [-0.4, -0.2) is 47.3 Å². The Hall–Kier alpha value is -1.39. The first-order valence-electron chi connectivity index (χ1n) is 6.81. The number of hydrogen-bond acceptors (Lipinski definition) is 4. The van der Waals surface area contributed by atoms with E-state index >= 15 is 0 Å². The van der Waals surface area contributed by atoms with E-state index in [2.05, 4.69) is 4.90 Å². The summed E-state index contributed by atoms with van der Waals surface area (Å²) in [6.07, 6.45) is 1.99. The Morgan fingerprint density at radius 2 is 2.00 bits per heavy atom. The Bertz CT molecular complexity index is 462. The standard InChI is InChI=1S/C15H19NO3/c1-16-11-7-12(9-13(16)14(17)8-11)19-15(18)10-5-3-2-4-6-10/h2-6,11-14,17H,7-9H2,1H3/t11-,12+,13+,14+/m1/s1. The molecule has 0 unspecified atom stereocenters. The number of hydrogen-bond donors (Lipinski definition) is 1. The molecule has 4 nitrogen and oxygen atoms in total. The second-order valence-corrected chi connectivity index (χ2v) is 5.55. The topological polar surface area (TPSA) is 49.8 Å². The summed E-state index contributed by atoms with van der Waals surface area (Å²) in [6, 6.07) is 9.54. The average Bonchev–Trinajstić information content (AvgIpc) is 2.59. The number of nitrogens with zero attached hydrogens (tertiary/aromatic N) is 1. The molecule has 102 valence electrons. The van der Waals surface area contributed by atoms with E-state index in [0.29, 0.717) is 11.6 Å². The molecular weight excluding hydrogens is 242 g/mol. The summed E-state index contributed by atoms with van der Waals surface area (Å²) in [5.74, 6) is -0.260. The lowest BCUT2D eigenvalue weighted by molar-refractivity contribution is -0.00833. The number of likely N-dealkylation sites (N-methyl/N-ethyl adjacent to an activating group) is 1. The summed E-state index contributed by atoms with van der Waals surface area (Å²) in [5, 5.41) is 9.96. The van der Waals surface area contributed by atoms with Crippen molar-refractivity contribution in [1.29, 1.82) is 0 Å². The minimum atomic E-state index is -0.282. The molecular formula is C15H19NO3. The highest BCUT2D eigenvalue weighted by molar-refractivity contribution is 5.89. The van der Waals surface area contributed by atoms with Gasteiger partial charge in [-0.2, -0.15) is 0 Å². The number of benzene rings is 1. The Kier molecular flexibility index (Phi) is 3.29. The summed E-state index contributed by atoms with van der Waals surface area (Å²) in [7, 11) is 2.04. The monoisotopic (exact) mass is 261 g/mol. The van der Waals surface area contributed by atoms with E-state index in [0.717, 1.165) is 19.3 Å². The highest BCUT2D eigenvalue weighted by Gasteiger charge is 2.45. The Balaban J connectivity index is 1.65. The summed E-state index contributed by atoms with van der Waals surface area (Å²) in [4.78, 5) is 14.2. The van der Waals surface area contributed by atoms with Crippen molar-refractivity contribution in [2.75, 3.05) is 7.05 Å². The van der Waals surface area contributed by atoms with Crippen molar-refractivity contribution in [1.82, 2.24) is 4.90 Å². The number of fused-ring (bicyclic) bond motifs is 2. The number of rotatable bonds is 2. The molecule has 0 amide bonds. The largest absolute Gasteiger partial charge is 0.459 e. The van der Waals surface area contributed by atoms with Crippen LogP contribution < -0.4 is 0 Å². The summed E-state index contributed by atoms with van der Waals surface area (Å²) < 4.78 is 5.58. The predicted octanol–water partition coefficient (Wildman–Crippen LogP) is 1.44. The molecule has 2 saturated heterocycles. The lowest BCUT2D eigenvalue weighted by Crippen LogP contribution is -2.45. The van der Waals surface area contributed by atoms with Gasteiger partial charge in [0.25, 0.3) is 0 Å². The van der Waals surface area contributed by atoms with Crippen molar-refractivity contribution in [3.63, 3.8) is 0 Å². The van der Waals surface area contributed by atoms with E-state index < -0.39 is 0 Å². The van der Waals surface area contributed by atoms with Crippen molar-refractivity contribution in [3.8, 4) is 0 Å². The summed E-state index contributed by atoms with van der Waals surface area (Å²) in [5.41, 5.74) is 0.592. The highest BCUT2D eigenvalue weighted by Crippen LogP contribution is 2.36. The summed E-state index contributed by atoms with van der Waals surface area (Å²) >= 11 is 0. The minimum Gasteiger partial charge on any atom is -0.459 e. The van der Waals surface area contributed by atoms with Crippen LogP contribution in [0.5, 0.6) is 0 Å². The van der Waals surface area contributed by atoms with Crippen molar-refractivity contribution >= 4 is 5.97 Å². The molecule has 0 saturated carbocycles. The molecule has 19 heavy (non-hydrogen) atoms. The van der Waals surface area contributed by atoms with Crippen LogP contribution in [0.2, 0.25) is 0 Å².